The van der Waals surface area contributed by atoms with E-state index in [9.17, 15) is 5.11 Å². The van der Waals surface area contributed by atoms with Gasteiger partial charge < -0.3 is 14.6 Å². The molecule has 0 aromatic carbocycles. The first kappa shape index (κ1) is 8.31. The van der Waals surface area contributed by atoms with Gasteiger partial charge in [-0.2, -0.15) is 4.98 Å². The van der Waals surface area contributed by atoms with Gasteiger partial charge in [0.15, 0.2) is 0 Å². The second-order valence-corrected chi connectivity index (χ2v) is 2.97. The summed E-state index contributed by atoms with van der Waals surface area (Å²) in [6, 6.07) is 1.82. The summed E-state index contributed by atoms with van der Waals surface area (Å²) in [4.78, 5) is 4.07. The second kappa shape index (κ2) is 2.88. The van der Waals surface area contributed by atoms with E-state index in [0.29, 0.717) is 18.2 Å². The van der Waals surface area contributed by atoms with Crippen molar-refractivity contribution in [3.8, 4) is 11.8 Å². The van der Waals surface area contributed by atoms with Crippen LogP contribution in [0.15, 0.2) is 6.07 Å². The fraction of sp³-hybridized carbons (Fsp3) is 0.444. The average molecular weight is 181 g/mol. The summed E-state index contributed by atoms with van der Waals surface area (Å²) >= 11 is 0. The predicted octanol–water partition coefficient (Wildman–Crippen LogP) is 0.688. The van der Waals surface area contributed by atoms with Crippen molar-refractivity contribution in [1.82, 2.24) is 4.98 Å². The Morgan fingerprint density at radius 2 is 2.23 bits per heavy atom. The molecule has 1 aromatic rings. The number of aromatic nitrogens is 1. The largest absolute Gasteiger partial charge is 0.481 e. The third kappa shape index (κ3) is 1.14. The van der Waals surface area contributed by atoms with Gasteiger partial charge in [0.2, 0.25) is 11.8 Å². The lowest BCUT2D eigenvalue weighted by atomic mass is 9.87. The van der Waals surface area contributed by atoms with Crippen molar-refractivity contribution >= 4 is 0 Å². The minimum Gasteiger partial charge on any atom is -0.481 e. The summed E-state index contributed by atoms with van der Waals surface area (Å²) in [6.45, 7) is 0. The molecule has 0 saturated heterocycles. The Bertz CT molecular complexity index is 338. The molecule has 0 amide bonds. The maximum Gasteiger partial charge on any atom is 0.222 e. The van der Waals surface area contributed by atoms with Crippen molar-refractivity contribution in [3.05, 3.63) is 17.2 Å². The first-order valence-corrected chi connectivity index (χ1v) is 4.06. The Labute approximate surface area is 76.1 Å². The molecule has 1 aromatic heterocycles. The van der Waals surface area contributed by atoms with Crippen LogP contribution in [-0.2, 0) is 6.42 Å². The van der Waals surface area contributed by atoms with Gasteiger partial charge in [-0.3, -0.25) is 0 Å². The molecule has 1 unspecified atom stereocenters. The number of ether oxygens (including phenoxy) is 2. The van der Waals surface area contributed by atoms with Crippen LogP contribution in [0.1, 0.15) is 17.2 Å². The van der Waals surface area contributed by atoms with E-state index in [1.165, 1.54) is 7.11 Å². The number of hydrogen-bond acceptors (Lipinski definition) is 4. The van der Waals surface area contributed by atoms with E-state index < -0.39 is 6.10 Å². The molecule has 2 rings (SSSR count). The molecule has 0 bridgehead atoms. The summed E-state index contributed by atoms with van der Waals surface area (Å²) in [7, 11) is 3.09. The molecule has 1 aliphatic carbocycles. The molecule has 13 heavy (non-hydrogen) atoms. The summed E-state index contributed by atoms with van der Waals surface area (Å²) in [5, 5.41) is 9.41. The molecule has 1 heterocycles. The Morgan fingerprint density at radius 1 is 1.46 bits per heavy atom. The van der Waals surface area contributed by atoms with Crippen molar-refractivity contribution in [3.63, 3.8) is 0 Å². The average Bonchev–Trinajstić information content (AvgIpc) is 2.14. The molecule has 1 atom stereocenters. The third-order valence-electron chi connectivity index (χ3n) is 2.23. The summed E-state index contributed by atoms with van der Waals surface area (Å²) in [5.41, 5.74) is 1.85. The molecular weight excluding hydrogens is 170 g/mol. The maximum atomic E-state index is 9.41. The van der Waals surface area contributed by atoms with Crippen LogP contribution >= 0.6 is 0 Å². The molecule has 0 spiro atoms. The standard InChI is InChI=1S/C9H11NO3/c1-12-7-4-5-3-6(11)8(5)9(10-7)13-2/h4,6,11H,3H2,1-2H3. The van der Waals surface area contributed by atoms with Crippen LogP contribution in [0.4, 0.5) is 0 Å². The van der Waals surface area contributed by atoms with Gasteiger partial charge in [-0.1, -0.05) is 0 Å². The van der Waals surface area contributed by atoms with Crippen molar-refractivity contribution in [2.75, 3.05) is 14.2 Å². The zero-order valence-electron chi connectivity index (χ0n) is 7.57. The van der Waals surface area contributed by atoms with Crippen LogP contribution in [0.2, 0.25) is 0 Å². The van der Waals surface area contributed by atoms with E-state index in [1.54, 1.807) is 7.11 Å². The van der Waals surface area contributed by atoms with Gasteiger partial charge in [-0.05, 0) is 5.56 Å². The Balaban J connectivity index is 2.48. The lowest BCUT2D eigenvalue weighted by Crippen LogP contribution is -2.18. The van der Waals surface area contributed by atoms with Gasteiger partial charge in [0.1, 0.15) is 0 Å². The van der Waals surface area contributed by atoms with Gasteiger partial charge in [0.25, 0.3) is 0 Å². The molecule has 0 aliphatic heterocycles. The third-order valence-corrected chi connectivity index (χ3v) is 2.23. The first-order valence-electron chi connectivity index (χ1n) is 4.06. The fourth-order valence-corrected chi connectivity index (χ4v) is 1.52. The Kier molecular flexibility index (Phi) is 1.84. The summed E-state index contributed by atoms with van der Waals surface area (Å²) < 4.78 is 10.0. The second-order valence-electron chi connectivity index (χ2n) is 2.97. The van der Waals surface area contributed by atoms with Gasteiger partial charge in [0.05, 0.1) is 20.3 Å². The number of aliphatic hydroxyl groups excluding tert-OH is 1. The number of pyridine rings is 1. The molecule has 0 fully saturated rings. The zero-order valence-corrected chi connectivity index (χ0v) is 7.57. The van der Waals surface area contributed by atoms with Crippen LogP contribution < -0.4 is 9.47 Å². The topological polar surface area (TPSA) is 51.6 Å². The monoisotopic (exact) mass is 181 g/mol. The zero-order chi connectivity index (χ0) is 9.42. The number of fused-ring (bicyclic) bond motifs is 1. The predicted molar refractivity (Wildman–Crippen MR) is 46.0 cm³/mol. The quantitative estimate of drug-likeness (QED) is 0.729. The van der Waals surface area contributed by atoms with Crippen LogP contribution in [-0.4, -0.2) is 24.3 Å². The molecule has 1 aliphatic rings. The lowest BCUT2D eigenvalue weighted by molar-refractivity contribution is 0.146. The van der Waals surface area contributed by atoms with E-state index in [-0.39, 0.29) is 0 Å². The van der Waals surface area contributed by atoms with Crippen molar-refractivity contribution < 1.29 is 14.6 Å². The highest BCUT2D eigenvalue weighted by atomic mass is 16.5. The Morgan fingerprint density at radius 3 is 2.77 bits per heavy atom. The summed E-state index contributed by atoms with van der Waals surface area (Å²) in [6.07, 6.45) is 0.230. The van der Waals surface area contributed by atoms with Crippen LogP contribution in [0.25, 0.3) is 0 Å². The van der Waals surface area contributed by atoms with Crippen molar-refractivity contribution in [1.29, 1.82) is 0 Å². The highest BCUT2D eigenvalue weighted by molar-refractivity contribution is 5.47. The van der Waals surface area contributed by atoms with Gasteiger partial charge in [0, 0.05) is 18.1 Å². The molecule has 0 saturated carbocycles. The summed E-state index contributed by atoms with van der Waals surface area (Å²) in [5.74, 6) is 0.996. The van der Waals surface area contributed by atoms with E-state index in [0.717, 1.165) is 11.1 Å². The first-order chi connectivity index (χ1) is 6.26. The van der Waals surface area contributed by atoms with E-state index >= 15 is 0 Å². The number of hydrogen-bond donors (Lipinski definition) is 1. The van der Waals surface area contributed by atoms with Gasteiger partial charge in [-0.15, -0.1) is 0 Å². The SMILES string of the molecule is COc1cc2c(c(OC)n1)C(O)C2. The van der Waals surface area contributed by atoms with Crippen LogP contribution in [0.3, 0.4) is 0 Å². The molecular formula is C9H11NO3. The number of methoxy groups -OCH3 is 2. The molecule has 1 N–H and O–H groups in total. The molecule has 0 radical (unpaired) electrons. The van der Waals surface area contributed by atoms with E-state index in [2.05, 4.69) is 4.98 Å². The number of rotatable bonds is 2. The van der Waals surface area contributed by atoms with Crippen molar-refractivity contribution in [2.24, 2.45) is 0 Å². The number of nitrogens with zero attached hydrogens (tertiary/aromatic N) is 1. The molecule has 4 heteroatoms. The smallest absolute Gasteiger partial charge is 0.222 e. The highest BCUT2D eigenvalue weighted by Crippen LogP contribution is 2.40. The number of aliphatic hydroxyl groups is 1. The van der Waals surface area contributed by atoms with Gasteiger partial charge in [-0.25, -0.2) is 0 Å². The fourth-order valence-electron chi connectivity index (χ4n) is 1.52. The van der Waals surface area contributed by atoms with E-state index in [1.807, 2.05) is 6.07 Å². The molecule has 4 nitrogen and oxygen atoms in total. The van der Waals surface area contributed by atoms with E-state index in [4.69, 9.17) is 9.47 Å². The minimum atomic E-state index is -0.427. The molecule has 70 valence electrons. The maximum absolute atomic E-state index is 9.41. The normalized spacial score (nSPS) is 18.8. The van der Waals surface area contributed by atoms with Crippen molar-refractivity contribution in [2.45, 2.75) is 12.5 Å². The van der Waals surface area contributed by atoms with Crippen LogP contribution in [0, 0.1) is 0 Å². The van der Waals surface area contributed by atoms with Crippen LogP contribution in [0.5, 0.6) is 11.8 Å². The van der Waals surface area contributed by atoms with Gasteiger partial charge >= 0.3 is 0 Å². The minimum absolute atomic E-state index is 0.427. The Hall–Kier alpha value is -1.29. The lowest BCUT2D eigenvalue weighted by Gasteiger charge is -2.27. The highest BCUT2D eigenvalue weighted by Gasteiger charge is 2.30.